The first-order valence-corrected chi connectivity index (χ1v) is 9.66. The molecule has 1 atom stereocenters. The Morgan fingerprint density at radius 3 is 2.89 bits per heavy atom. The minimum atomic E-state index is -4.59. The van der Waals surface area contributed by atoms with Crippen LogP contribution in [0.15, 0.2) is 24.7 Å². The van der Waals surface area contributed by atoms with Gasteiger partial charge in [0.05, 0.1) is 28.8 Å². The number of aromatic amines is 1. The number of pyridine rings is 1. The molecule has 4 heterocycles. The van der Waals surface area contributed by atoms with E-state index >= 15 is 0 Å². The average Bonchev–Trinajstić information content (AvgIpc) is 3.28. The van der Waals surface area contributed by atoms with Crippen LogP contribution in [0, 0.1) is 0 Å². The number of alkyl halides is 3. The van der Waals surface area contributed by atoms with Crippen molar-refractivity contribution < 1.29 is 21.6 Å². The number of sulfonamides is 1. The maximum Gasteiger partial charge on any atom is 0.402 e. The van der Waals surface area contributed by atoms with Gasteiger partial charge in [-0.2, -0.15) is 18.3 Å². The molecule has 0 aliphatic carbocycles. The molecule has 4 rings (SSSR count). The van der Waals surface area contributed by atoms with E-state index in [1.807, 2.05) is 4.90 Å². The van der Waals surface area contributed by atoms with E-state index in [-0.39, 0.29) is 13.0 Å². The third kappa shape index (κ3) is 3.41. The van der Waals surface area contributed by atoms with E-state index in [9.17, 15) is 21.6 Å². The van der Waals surface area contributed by atoms with Gasteiger partial charge in [0.25, 0.3) is 0 Å². The standard InChI is InChI=1S/C15H15F3N6O2S/c16-15(17,18)8-22-27(25,26)9-2-4-24(7-9)12-6-21-23-11-5-20-14-10(13(11)12)1-3-19-14/h1,3,5-6,9,22-23H,2,4,7-8H2. The molecule has 1 saturated heterocycles. The molecule has 0 saturated carbocycles. The summed E-state index contributed by atoms with van der Waals surface area (Å²) in [6, 6.07) is 1.80. The van der Waals surface area contributed by atoms with Gasteiger partial charge in [0.2, 0.25) is 10.0 Å². The molecule has 1 aliphatic heterocycles. The Kier molecular flexibility index (Phi) is 4.18. The number of hydrogen-bond acceptors (Lipinski definition) is 6. The summed E-state index contributed by atoms with van der Waals surface area (Å²) in [4.78, 5) is 10.2. The van der Waals surface area contributed by atoms with Gasteiger partial charge in [0.15, 0.2) is 5.65 Å². The first-order chi connectivity index (χ1) is 12.7. The summed E-state index contributed by atoms with van der Waals surface area (Å²) in [5.41, 5.74) is 1.91. The normalized spacial score (nSPS) is 18.6. The highest BCUT2D eigenvalue weighted by atomic mass is 32.2. The number of rotatable bonds is 4. The zero-order valence-corrected chi connectivity index (χ0v) is 14.7. The highest BCUT2D eigenvalue weighted by Crippen LogP contribution is 2.33. The van der Waals surface area contributed by atoms with E-state index in [1.165, 1.54) is 0 Å². The van der Waals surface area contributed by atoms with E-state index in [1.54, 1.807) is 29.4 Å². The van der Waals surface area contributed by atoms with Crippen LogP contribution in [-0.2, 0) is 10.0 Å². The van der Waals surface area contributed by atoms with Crippen LogP contribution in [0.3, 0.4) is 0 Å². The maximum absolute atomic E-state index is 12.3. The molecule has 12 heteroatoms. The molecule has 8 nitrogen and oxygen atoms in total. The minimum absolute atomic E-state index is 0.0753. The Bertz CT molecular complexity index is 1100. The molecule has 0 spiro atoms. The van der Waals surface area contributed by atoms with Gasteiger partial charge in [0, 0.05) is 30.1 Å². The smallest absolute Gasteiger partial charge is 0.368 e. The third-order valence-electron chi connectivity index (χ3n) is 4.56. The Labute approximate surface area is 151 Å². The lowest BCUT2D eigenvalue weighted by molar-refractivity contribution is -0.121. The first kappa shape index (κ1) is 17.9. The van der Waals surface area contributed by atoms with Crippen LogP contribution in [0.2, 0.25) is 0 Å². The van der Waals surface area contributed by atoms with Crippen LogP contribution in [0.1, 0.15) is 6.42 Å². The van der Waals surface area contributed by atoms with E-state index in [0.717, 1.165) is 10.8 Å². The summed E-state index contributed by atoms with van der Waals surface area (Å²) in [6.45, 7) is -1.11. The summed E-state index contributed by atoms with van der Waals surface area (Å²) >= 11 is 0. The van der Waals surface area contributed by atoms with Crippen LogP contribution in [0.25, 0.3) is 21.9 Å². The van der Waals surface area contributed by atoms with Crippen molar-refractivity contribution in [3.63, 3.8) is 0 Å². The molecule has 27 heavy (non-hydrogen) atoms. The topological polar surface area (TPSA) is 104 Å². The Morgan fingerprint density at radius 1 is 1.30 bits per heavy atom. The molecule has 3 aromatic rings. The van der Waals surface area contributed by atoms with Crippen molar-refractivity contribution in [3.8, 4) is 0 Å². The molecule has 144 valence electrons. The van der Waals surface area contributed by atoms with Gasteiger partial charge in [0.1, 0.15) is 6.54 Å². The molecule has 3 aromatic heterocycles. The highest BCUT2D eigenvalue weighted by molar-refractivity contribution is 7.90. The van der Waals surface area contributed by atoms with Crippen LogP contribution >= 0.6 is 0 Å². The Morgan fingerprint density at radius 2 is 2.11 bits per heavy atom. The molecular weight excluding hydrogens is 385 g/mol. The second-order valence-electron chi connectivity index (χ2n) is 6.32. The van der Waals surface area contributed by atoms with E-state index < -0.39 is 28.0 Å². The second-order valence-corrected chi connectivity index (χ2v) is 8.37. The summed E-state index contributed by atoms with van der Waals surface area (Å²) < 4.78 is 63.1. The van der Waals surface area contributed by atoms with Gasteiger partial charge in [-0.05, 0) is 12.5 Å². The molecule has 1 fully saturated rings. The maximum atomic E-state index is 12.3. The molecule has 0 amide bonds. The van der Waals surface area contributed by atoms with Crippen molar-refractivity contribution in [2.24, 2.45) is 0 Å². The van der Waals surface area contributed by atoms with Crippen LogP contribution in [0.4, 0.5) is 18.9 Å². The average molecular weight is 400 g/mol. The van der Waals surface area contributed by atoms with Gasteiger partial charge in [-0.15, -0.1) is 0 Å². The fourth-order valence-corrected chi connectivity index (χ4v) is 4.68. The summed E-state index contributed by atoms with van der Waals surface area (Å²) in [5, 5.41) is 7.57. The van der Waals surface area contributed by atoms with Crippen molar-refractivity contribution in [3.05, 3.63) is 24.7 Å². The molecule has 0 bridgehead atoms. The van der Waals surface area contributed by atoms with Gasteiger partial charge in [-0.25, -0.2) is 23.1 Å². The Hall–Kier alpha value is -2.47. The van der Waals surface area contributed by atoms with Crippen molar-refractivity contribution >= 4 is 37.6 Å². The zero-order valence-electron chi connectivity index (χ0n) is 13.9. The van der Waals surface area contributed by atoms with Crippen LogP contribution in [-0.4, -0.2) is 59.6 Å². The molecule has 1 unspecified atom stereocenters. The number of nitrogens with one attached hydrogen (secondary N) is 2. The van der Waals surface area contributed by atoms with Gasteiger partial charge >= 0.3 is 6.18 Å². The molecule has 1 aliphatic rings. The molecule has 0 aromatic carbocycles. The van der Waals surface area contributed by atoms with Gasteiger partial charge in [-0.3, -0.25) is 5.10 Å². The van der Waals surface area contributed by atoms with Gasteiger partial charge in [-0.1, -0.05) is 0 Å². The number of fused-ring (bicyclic) bond motifs is 3. The van der Waals surface area contributed by atoms with Crippen LogP contribution < -0.4 is 9.62 Å². The lowest BCUT2D eigenvalue weighted by Crippen LogP contribution is -2.41. The molecule has 2 N–H and O–H groups in total. The number of hydrogen-bond donors (Lipinski definition) is 2. The van der Waals surface area contributed by atoms with Crippen molar-refractivity contribution in [2.45, 2.75) is 17.8 Å². The van der Waals surface area contributed by atoms with Crippen LogP contribution in [0.5, 0.6) is 0 Å². The first-order valence-electron chi connectivity index (χ1n) is 8.11. The number of nitrogens with zero attached hydrogens (tertiary/aromatic N) is 4. The quantitative estimate of drug-likeness (QED) is 0.689. The fourth-order valence-electron chi connectivity index (χ4n) is 3.29. The predicted octanol–water partition coefficient (Wildman–Crippen LogP) is 1.57. The van der Waals surface area contributed by atoms with Crippen molar-refractivity contribution in [2.75, 3.05) is 24.5 Å². The van der Waals surface area contributed by atoms with Gasteiger partial charge < -0.3 is 4.90 Å². The SMILES string of the molecule is O=S(=O)(NCC(F)(F)F)C1CCN(c2cn[nH]c3cnc4nccc4c23)C1. The molecular formula is C15H15F3N6O2S. The van der Waals surface area contributed by atoms with Crippen molar-refractivity contribution in [1.29, 1.82) is 0 Å². The molecule has 0 radical (unpaired) electrons. The lowest BCUT2D eigenvalue weighted by atomic mass is 10.1. The predicted molar refractivity (Wildman–Crippen MR) is 92.8 cm³/mol. The van der Waals surface area contributed by atoms with E-state index in [4.69, 9.17) is 0 Å². The lowest BCUT2D eigenvalue weighted by Gasteiger charge is -2.20. The minimum Gasteiger partial charge on any atom is -0.368 e. The summed E-state index contributed by atoms with van der Waals surface area (Å²) in [6.07, 6.45) is 0.424. The monoisotopic (exact) mass is 400 g/mol. The number of aromatic nitrogens is 4. The number of anilines is 1. The Balaban J connectivity index is 1.64. The van der Waals surface area contributed by atoms with Crippen molar-refractivity contribution in [1.82, 2.24) is 24.9 Å². The summed E-state index contributed by atoms with van der Waals surface area (Å²) in [7, 11) is -4.08. The van der Waals surface area contributed by atoms with E-state index in [2.05, 4.69) is 20.2 Å². The third-order valence-corrected chi connectivity index (χ3v) is 6.37. The second kappa shape index (κ2) is 6.30. The zero-order chi connectivity index (χ0) is 19.2. The number of H-pyrrole nitrogens is 1. The number of halogens is 3. The summed E-state index contributed by atoms with van der Waals surface area (Å²) in [5.74, 6) is 0. The van der Waals surface area contributed by atoms with E-state index in [0.29, 0.717) is 23.4 Å². The fraction of sp³-hybridized carbons (Fsp3) is 0.400. The highest BCUT2D eigenvalue weighted by Gasteiger charge is 2.37. The largest absolute Gasteiger partial charge is 0.402 e.